The smallest absolute Gasteiger partial charge is 0.336 e. The number of aliphatic hydroxyl groups is 1. The second-order valence-electron chi connectivity index (χ2n) is 9.43. The van der Waals surface area contributed by atoms with E-state index in [0.717, 1.165) is 37.1 Å². The third kappa shape index (κ3) is 7.16. The van der Waals surface area contributed by atoms with E-state index < -0.39 is 6.10 Å². The first-order chi connectivity index (χ1) is 17.6. The van der Waals surface area contributed by atoms with Crippen LogP contribution in [0.5, 0.6) is 5.75 Å². The minimum atomic E-state index is -0.615. The Morgan fingerprint density at radius 2 is 1.47 bits per heavy atom. The van der Waals surface area contributed by atoms with Crippen LogP contribution in [0.4, 0.5) is 0 Å². The maximum atomic E-state index is 11.7. The fraction of sp³-hybridized carbons (Fsp3) is 0.300. The first-order valence-corrected chi connectivity index (χ1v) is 12.5. The molecule has 0 saturated carbocycles. The predicted molar refractivity (Wildman–Crippen MR) is 156 cm³/mol. The molecule has 1 aliphatic heterocycles. The molecule has 1 fully saturated rings. The highest BCUT2D eigenvalue weighted by atomic mass is 35.5. The summed E-state index contributed by atoms with van der Waals surface area (Å²) in [4.78, 5) is 16.5. The van der Waals surface area contributed by atoms with Crippen LogP contribution in [0, 0.1) is 6.92 Å². The topological polar surface area (TPSA) is 66.2 Å². The van der Waals surface area contributed by atoms with E-state index in [2.05, 4.69) is 70.5 Å². The number of piperazine rings is 1. The highest BCUT2D eigenvalue weighted by Gasteiger charge is 2.27. The highest BCUT2D eigenvalue weighted by Crippen LogP contribution is 2.29. The summed E-state index contributed by atoms with van der Waals surface area (Å²) >= 11 is 0. The zero-order chi connectivity index (χ0) is 24.9. The lowest BCUT2D eigenvalue weighted by Crippen LogP contribution is -2.50. The number of aryl methyl sites for hydroxylation is 1. The van der Waals surface area contributed by atoms with Crippen molar-refractivity contribution < 1.29 is 14.3 Å². The molecule has 2 heterocycles. The van der Waals surface area contributed by atoms with Gasteiger partial charge in [0.15, 0.2) is 0 Å². The number of hydrogen-bond acceptors (Lipinski definition) is 6. The van der Waals surface area contributed by atoms with Crippen molar-refractivity contribution in [3.8, 4) is 5.75 Å². The number of aliphatic hydroxyl groups excluding tert-OH is 1. The van der Waals surface area contributed by atoms with Crippen LogP contribution >= 0.6 is 24.8 Å². The predicted octanol–water partition coefficient (Wildman–Crippen LogP) is 5.09. The molecule has 38 heavy (non-hydrogen) atoms. The van der Waals surface area contributed by atoms with Gasteiger partial charge in [-0.25, -0.2) is 4.79 Å². The molecular formula is C30H34Cl2N2O4. The Kier molecular flexibility index (Phi) is 10.8. The van der Waals surface area contributed by atoms with Crippen molar-refractivity contribution in [3.63, 3.8) is 0 Å². The molecule has 5 rings (SSSR count). The van der Waals surface area contributed by atoms with E-state index in [-0.39, 0.29) is 43.1 Å². The Balaban J connectivity index is 0.00000200. The van der Waals surface area contributed by atoms with Crippen LogP contribution in [0.15, 0.2) is 94.1 Å². The minimum absolute atomic E-state index is 0. The number of fused-ring (bicyclic) bond motifs is 1. The van der Waals surface area contributed by atoms with Crippen molar-refractivity contribution in [1.29, 1.82) is 0 Å². The van der Waals surface area contributed by atoms with Crippen molar-refractivity contribution >= 4 is 35.8 Å². The molecule has 1 unspecified atom stereocenters. The van der Waals surface area contributed by atoms with E-state index in [4.69, 9.17) is 9.15 Å². The van der Waals surface area contributed by atoms with Gasteiger partial charge in [0.2, 0.25) is 0 Å². The van der Waals surface area contributed by atoms with Gasteiger partial charge in [-0.3, -0.25) is 9.80 Å². The molecule has 4 aromatic rings. The number of benzene rings is 3. The largest absolute Gasteiger partial charge is 0.491 e. The molecule has 1 atom stereocenters. The molecule has 1 saturated heterocycles. The number of β-amino-alcohol motifs (C(OH)–C–C–N with tert-alkyl or cyclic N) is 1. The molecule has 8 heteroatoms. The van der Waals surface area contributed by atoms with E-state index >= 15 is 0 Å². The summed E-state index contributed by atoms with van der Waals surface area (Å²) in [5, 5.41) is 11.5. The van der Waals surface area contributed by atoms with Crippen LogP contribution in [0.1, 0.15) is 22.7 Å². The molecule has 1 N–H and O–H groups in total. The monoisotopic (exact) mass is 556 g/mol. The molecule has 0 radical (unpaired) electrons. The Morgan fingerprint density at radius 3 is 2.08 bits per heavy atom. The number of halogens is 2. The number of hydrogen-bond donors (Lipinski definition) is 1. The first kappa shape index (κ1) is 29.7. The SMILES string of the molecule is Cc1cc(=O)oc2cc(OCC(O)CN3CCN(C(c4ccccc4)c4ccccc4)CC3)ccc12.Cl.Cl. The number of ether oxygens (including phenoxy) is 1. The van der Waals surface area contributed by atoms with Gasteiger partial charge >= 0.3 is 5.63 Å². The molecule has 0 spiro atoms. The van der Waals surface area contributed by atoms with Gasteiger partial charge in [0.1, 0.15) is 24.0 Å². The number of rotatable bonds is 8. The van der Waals surface area contributed by atoms with Gasteiger partial charge in [-0.15, -0.1) is 24.8 Å². The maximum Gasteiger partial charge on any atom is 0.336 e. The Morgan fingerprint density at radius 1 is 0.868 bits per heavy atom. The van der Waals surface area contributed by atoms with Gasteiger partial charge in [0.25, 0.3) is 0 Å². The zero-order valence-electron chi connectivity index (χ0n) is 21.4. The van der Waals surface area contributed by atoms with Gasteiger partial charge < -0.3 is 14.3 Å². The Bertz CT molecular complexity index is 1300. The molecular weight excluding hydrogens is 523 g/mol. The quantitative estimate of drug-likeness (QED) is 0.305. The Hall–Kier alpha value is -2.87. The first-order valence-electron chi connectivity index (χ1n) is 12.5. The van der Waals surface area contributed by atoms with Crippen LogP contribution in [-0.4, -0.2) is 60.3 Å². The Labute approximate surface area is 235 Å². The molecule has 3 aromatic carbocycles. The summed E-state index contributed by atoms with van der Waals surface area (Å²) in [6.45, 7) is 6.22. The fourth-order valence-corrected chi connectivity index (χ4v) is 5.03. The highest BCUT2D eigenvalue weighted by molar-refractivity contribution is 5.85. The van der Waals surface area contributed by atoms with E-state index in [9.17, 15) is 9.90 Å². The van der Waals surface area contributed by atoms with Crippen molar-refractivity contribution in [2.24, 2.45) is 0 Å². The molecule has 1 aliphatic rings. The molecule has 0 aliphatic carbocycles. The fourth-order valence-electron chi connectivity index (χ4n) is 5.03. The lowest BCUT2D eigenvalue weighted by Gasteiger charge is -2.40. The van der Waals surface area contributed by atoms with Crippen LogP contribution in [-0.2, 0) is 0 Å². The van der Waals surface area contributed by atoms with E-state index in [1.54, 1.807) is 6.07 Å². The van der Waals surface area contributed by atoms with Crippen LogP contribution in [0.3, 0.4) is 0 Å². The molecule has 202 valence electrons. The minimum Gasteiger partial charge on any atom is -0.491 e. The van der Waals surface area contributed by atoms with Crippen LogP contribution in [0.2, 0.25) is 0 Å². The standard InChI is InChI=1S/C30H32N2O4.2ClH/c1-22-18-29(34)36-28-19-26(12-13-27(22)28)35-21-25(33)20-31-14-16-32(17-15-31)30(23-8-4-2-5-9-23)24-10-6-3-7-11-24;;/h2-13,18-19,25,30,33H,14-17,20-21H2,1H3;2*1H. The van der Waals surface area contributed by atoms with Gasteiger partial charge in [-0.05, 0) is 35.7 Å². The lowest BCUT2D eigenvalue weighted by atomic mass is 9.96. The van der Waals surface area contributed by atoms with Gasteiger partial charge in [-0.1, -0.05) is 60.7 Å². The zero-order valence-corrected chi connectivity index (χ0v) is 23.0. The summed E-state index contributed by atoms with van der Waals surface area (Å²) in [5.41, 5.74) is 3.58. The van der Waals surface area contributed by atoms with Crippen molar-refractivity contribution in [1.82, 2.24) is 9.80 Å². The van der Waals surface area contributed by atoms with Gasteiger partial charge in [-0.2, -0.15) is 0 Å². The summed E-state index contributed by atoms with van der Waals surface area (Å²) in [6.07, 6.45) is -0.615. The van der Waals surface area contributed by atoms with Gasteiger partial charge in [0.05, 0.1) is 6.04 Å². The lowest BCUT2D eigenvalue weighted by molar-refractivity contribution is 0.0401. The molecule has 1 aromatic heterocycles. The van der Waals surface area contributed by atoms with Crippen molar-refractivity contribution in [2.45, 2.75) is 19.1 Å². The van der Waals surface area contributed by atoms with Gasteiger partial charge in [0, 0.05) is 50.2 Å². The van der Waals surface area contributed by atoms with Crippen molar-refractivity contribution in [2.75, 3.05) is 39.3 Å². The summed E-state index contributed by atoms with van der Waals surface area (Å²) in [6, 6.07) is 28.4. The van der Waals surface area contributed by atoms with E-state index in [0.29, 0.717) is 17.9 Å². The molecule has 0 amide bonds. The third-order valence-electron chi connectivity index (χ3n) is 6.84. The second-order valence-corrected chi connectivity index (χ2v) is 9.43. The maximum absolute atomic E-state index is 11.7. The van der Waals surface area contributed by atoms with Crippen LogP contribution in [0.25, 0.3) is 11.0 Å². The van der Waals surface area contributed by atoms with Crippen molar-refractivity contribution in [3.05, 3.63) is 112 Å². The average molecular weight is 558 g/mol. The summed E-state index contributed by atoms with van der Waals surface area (Å²) in [7, 11) is 0. The normalized spacial score (nSPS) is 15.0. The summed E-state index contributed by atoms with van der Waals surface area (Å²) in [5.74, 6) is 0.577. The van der Waals surface area contributed by atoms with E-state index in [1.165, 1.54) is 17.2 Å². The average Bonchev–Trinajstić information content (AvgIpc) is 2.89. The molecule has 0 bridgehead atoms. The van der Waals surface area contributed by atoms with Crippen LogP contribution < -0.4 is 10.4 Å². The third-order valence-corrected chi connectivity index (χ3v) is 6.84. The number of nitrogens with zero attached hydrogens (tertiary/aromatic N) is 2. The molecule has 6 nitrogen and oxygen atoms in total. The summed E-state index contributed by atoms with van der Waals surface area (Å²) < 4.78 is 11.1. The van der Waals surface area contributed by atoms with E-state index in [1.807, 2.05) is 19.1 Å². The second kappa shape index (κ2) is 13.8.